The molecule has 176 valence electrons. The molecular weight excluding hydrogens is 434 g/mol. The Kier molecular flexibility index (Phi) is 7.01. The van der Waals surface area contributed by atoms with Crippen LogP contribution in [0.4, 0.5) is 0 Å². The number of aliphatic hydroxyl groups is 1. The van der Waals surface area contributed by atoms with E-state index in [1.807, 2.05) is 0 Å². The largest absolute Gasteiger partial charge is 0.507 e. The lowest BCUT2D eigenvalue weighted by atomic mass is 9.95. The molecule has 1 atom stereocenters. The number of furan rings is 1. The van der Waals surface area contributed by atoms with Crippen LogP contribution in [0.25, 0.3) is 5.76 Å². The van der Waals surface area contributed by atoms with Crippen LogP contribution in [0.5, 0.6) is 11.5 Å². The molecule has 1 saturated heterocycles. The van der Waals surface area contributed by atoms with Crippen LogP contribution in [-0.4, -0.2) is 35.4 Å². The Bertz CT molecular complexity index is 1180. The zero-order chi connectivity index (χ0) is 24.1. The van der Waals surface area contributed by atoms with Crippen LogP contribution in [0, 0.1) is 0 Å². The second kappa shape index (κ2) is 10.3. The third-order valence-electron chi connectivity index (χ3n) is 5.75. The van der Waals surface area contributed by atoms with Crippen LogP contribution < -0.4 is 9.47 Å². The van der Waals surface area contributed by atoms with Crippen LogP contribution in [0.1, 0.15) is 42.7 Å². The maximum Gasteiger partial charge on any atom is 0.296 e. The first-order valence-corrected chi connectivity index (χ1v) is 11.2. The minimum Gasteiger partial charge on any atom is -0.507 e. The minimum atomic E-state index is -0.791. The number of carbonyl (C=O) groups is 2. The fraction of sp³-hybridized carbons (Fsp3) is 0.259. The van der Waals surface area contributed by atoms with E-state index in [1.54, 1.807) is 67.8 Å². The molecule has 1 unspecified atom stereocenters. The zero-order valence-corrected chi connectivity index (χ0v) is 19.2. The van der Waals surface area contributed by atoms with Crippen LogP contribution in [0.2, 0.25) is 0 Å². The van der Waals surface area contributed by atoms with Crippen molar-refractivity contribution in [3.8, 4) is 11.5 Å². The molecule has 1 amide bonds. The molecule has 2 heterocycles. The number of benzene rings is 2. The van der Waals surface area contributed by atoms with Gasteiger partial charge in [-0.2, -0.15) is 0 Å². The highest BCUT2D eigenvalue weighted by atomic mass is 16.5. The van der Waals surface area contributed by atoms with Gasteiger partial charge in [-0.25, -0.2) is 0 Å². The highest BCUT2D eigenvalue weighted by Gasteiger charge is 2.46. The molecule has 1 aromatic heterocycles. The molecule has 1 fully saturated rings. The average Bonchev–Trinajstić information content (AvgIpc) is 3.46. The van der Waals surface area contributed by atoms with Crippen LogP contribution in [0.15, 0.2) is 76.9 Å². The highest BCUT2D eigenvalue weighted by molar-refractivity contribution is 6.46. The monoisotopic (exact) mass is 461 g/mol. The maximum absolute atomic E-state index is 13.2. The fourth-order valence-electron chi connectivity index (χ4n) is 3.97. The molecule has 0 saturated carbocycles. The predicted molar refractivity (Wildman–Crippen MR) is 126 cm³/mol. The van der Waals surface area contributed by atoms with Gasteiger partial charge in [0.05, 0.1) is 38.1 Å². The lowest BCUT2D eigenvalue weighted by Gasteiger charge is -2.24. The maximum atomic E-state index is 13.2. The molecule has 0 spiro atoms. The first kappa shape index (κ1) is 23.2. The number of likely N-dealkylation sites (tertiary alicyclic amines) is 1. The van der Waals surface area contributed by atoms with E-state index in [4.69, 9.17) is 13.9 Å². The van der Waals surface area contributed by atoms with Gasteiger partial charge in [0.1, 0.15) is 23.0 Å². The second-order valence-corrected chi connectivity index (χ2v) is 8.01. The van der Waals surface area contributed by atoms with Crippen molar-refractivity contribution >= 4 is 17.4 Å². The molecule has 0 bridgehead atoms. The van der Waals surface area contributed by atoms with Crippen LogP contribution in [-0.2, 0) is 16.1 Å². The number of ether oxygens (including phenoxy) is 2. The molecule has 1 aliphatic rings. The van der Waals surface area contributed by atoms with Gasteiger partial charge in [0, 0.05) is 5.56 Å². The first-order valence-electron chi connectivity index (χ1n) is 11.2. The summed E-state index contributed by atoms with van der Waals surface area (Å²) in [6.45, 7) is 2.72. The number of hydrogen-bond donors (Lipinski definition) is 1. The molecule has 1 aliphatic heterocycles. The van der Waals surface area contributed by atoms with Crippen molar-refractivity contribution in [2.24, 2.45) is 0 Å². The molecule has 3 aromatic rings. The number of unbranched alkanes of at least 4 members (excludes halogenated alkanes) is 1. The summed E-state index contributed by atoms with van der Waals surface area (Å²) in [5.41, 5.74) is 1.10. The van der Waals surface area contributed by atoms with Gasteiger partial charge in [-0.15, -0.1) is 0 Å². The van der Waals surface area contributed by atoms with Gasteiger partial charge >= 0.3 is 0 Å². The summed E-state index contributed by atoms with van der Waals surface area (Å²) in [5, 5.41) is 11.3. The number of nitrogens with zero attached hydrogens (tertiary/aromatic N) is 1. The van der Waals surface area contributed by atoms with E-state index in [0.717, 1.165) is 12.8 Å². The van der Waals surface area contributed by atoms with E-state index in [9.17, 15) is 14.7 Å². The quantitative estimate of drug-likeness (QED) is 0.207. The number of Topliss-reactive ketones (excluding diaryl/α,β-unsaturated/α-hetero) is 1. The number of hydrogen-bond acceptors (Lipinski definition) is 6. The summed E-state index contributed by atoms with van der Waals surface area (Å²) in [5.74, 6) is 0.0667. The van der Waals surface area contributed by atoms with Crippen molar-refractivity contribution in [1.82, 2.24) is 4.90 Å². The van der Waals surface area contributed by atoms with E-state index in [-0.39, 0.29) is 17.9 Å². The van der Waals surface area contributed by atoms with Crippen LogP contribution >= 0.6 is 0 Å². The lowest BCUT2D eigenvalue weighted by Crippen LogP contribution is -2.29. The second-order valence-electron chi connectivity index (χ2n) is 8.01. The summed E-state index contributed by atoms with van der Waals surface area (Å²) in [6, 6.07) is 16.6. The predicted octanol–water partition coefficient (Wildman–Crippen LogP) is 5.09. The fourth-order valence-corrected chi connectivity index (χ4v) is 3.97. The summed E-state index contributed by atoms with van der Waals surface area (Å²) in [6.07, 6.45) is 3.42. The van der Waals surface area contributed by atoms with Crippen molar-refractivity contribution < 1.29 is 28.6 Å². The molecule has 0 radical (unpaired) electrons. The smallest absolute Gasteiger partial charge is 0.296 e. The van der Waals surface area contributed by atoms with Crippen molar-refractivity contribution in [1.29, 1.82) is 0 Å². The number of carbonyl (C=O) groups excluding carboxylic acids is 2. The minimum absolute atomic E-state index is 0.0208. The van der Waals surface area contributed by atoms with E-state index in [0.29, 0.717) is 35.0 Å². The molecule has 1 N–H and O–H groups in total. The molecule has 7 heteroatoms. The Morgan fingerprint density at radius 2 is 1.85 bits per heavy atom. The van der Waals surface area contributed by atoms with Gasteiger partial charge < -0.3 is 23.9 Å². The van der Waals surface area contributed by atoms with Crippen molar-refractivity contribution in [2.75, 3.05) is 13.7 Å². The Morgan fingerprint density at radius 3 is 2.53 bits per heavy atom. The summed E-state index contributed by atoms with van der Waals surface area (Å²) < 4.78 is 16.4. The van der Waals surface area contributed by atoms with E-state index >= 15 is 0 Å². The molecule has 7 nitrogen and oxygen atoms in total. The number of rotatable bonds is 9. The zero-order valence-electron chi connectivity index (χ0n) is 19.2. The van der Waals surface area contributed by atoms with Gasteiger partial charge in [0.25, 0.3) is 11.7 Å². The van der Waals surface area contributed by atoms with Gasteiger partial charge in [0.2, 0.25) is 0 Å². The Balaban J connectivity index is 1.77. The van der Waals surface area contributed by atoms with Gasteiger partial charge in [0.15, 0.2) is 0 Å². The highest BCUT2D eigenvalue weighted by Crippen LogP contribution is 2.41. The Morgan fingerprint density at radius 1 is 1.06 bits per heavy atom. The molecular formula is C27H27NO6. The molecule has 2 aromatic carbocycles. The SMILES string of the molecule is CCCCOc1cccc(C(O)=C2C(=O)C(=O)N(Cc3ccco3)C2c2ccc(OC)cc2)c1. The third-order valence-corrected chi connectivity index (χ3v) is 5.75. The van der Waals surface area contributed by atoms with E-state index < -0.39 is 17.7 Å². The molecule has 0 aliphatic carbocycles. The van der Waals surface area contributed by atoms with Gasteiger partial charge in [-0.3, -0.25) is 9.59 Å². The topological polar surface area (TPSA) is 89.2 Å². The van der Waals surface area contributed by atoms with Crippen molar-refractivity contribution in [3.63, 3.8) is 0 Å². The third kappa shape index (κ3) is 4.69. The average molecular weight is 462 g/mol. The van der Waals surface area contributed by atoms with E-state index in [1.165, 1.54) is 11.2 Å². The summed E-state index contributed by atoms with van der Waals surface area (Å²) in [4.78, 5) is 27.6. The number of aliphatic hydroxyl groups excluding tert-OH is 1. The number of ketones is 1. The standard InChI is InChI=1S/C27H27NO6/c1-3-4-14-33-21-8-5-7-19(16-21)25(29)23-24(18-10-12-20(32-2)13-11-18)28(27(31)26(23)30)17-22-9-6-15-34-22/h5-13,15-16,24,29H,3-4,14,17H2,1-2H3. The number of methoxy groups -OCH3 is 1. The molecule has 4 rings (SSSR count). The molecule has 34 heavy (non-hydrogen) atoms. The van der Waals surface area contributed by atoms with Crippen molar-refractivity contribution in [3.05, 3.63) is 89.4 Å². The lowest BCUT2D eigenvalue weighted by molar-refractivity contribution is -0.140. The Hall–Kier alpha value is -4.00. The van der Waals surface area contributed by atoms with Gasteiger partial charge in [-0.05, 0) is 48.4 Å². The van der Waals surface area contributed by atoms with Gasteiger partial charge in [-0.1, -0.05) is 37.6 Å². The Labute approximate surface area is 198 Å². The van der Waals surface area contributed by atoms with E-state index in [2.05, 4.69) is 6.92 Å². The normalized spacial score (nSPS) is 17.2. The van der Waals surface area contributed by atoms with Crippen molar-refractivity contribution in [2.45, 2.75) is 32.4 Å². The number of amides is 1. The summed E-state index contributed by atoms with van der Waals surface area (Å²) >= 11 is 0. The summed E-state index contributed by atoms with van der Waals surface area (Å²) in [7, 11) is 1.56. The van der Waals surface area contributed by atoms with Crippen LogP contribution in [0.3, 0.4) is 0 Å². The first-order chi connectivity index (χ1) is 16.5.